The van der Waals surface area contributed by atoms with Crippen molar-refractivity contribution in [3.8, 4) is 0 Å². The van der Waals surface area contributed by atoms with Crippen LogP contribution in [0, 0.1) is 5.92 Å². The van der Waals surface area contributed by atoms with Crippen LogP contribution in [0.15, 0.2) is 59.5 Å². The molecule has 144 valence electrons. The Hall–Kier alpha value is -2.38. The third kappa shape index (κ3) is 4.31. The van der Waals surface area contributed by atoms with Crippen molar-refractivity contribution in [2.24, 2.45) is 5.92 Å². The van der Waals surface area contributed by atoms with Crippen molar-refractivity contribution in [1.29, 1.82) is 0 Å². The third-order valence-electron chi connectivity index (χ3n) is 5.02. The number of anilines is 1. The molecule has 0 radical (unpaired) electrons. The lowest BCUT2D eigenvalue weighted by molar-refractivity contribution is 0.0915. The van der Waals surface area contributed by atoms with Gasteiger partial charge < -0.3 is 10.6 Å². The average Bonchev–Trinajstić information content (AvgIpc) is 2.70. The Kier molecular flexibility index (Phi) is 5.82. The van der Waals surface area contributed by atoms with E-state index in [4.69, 9.17) is 0 Å². The van der Waals surface area contributed by atoms with Crippen LogP contribution in [-0.2, 0) is 10.0 Å². The van der Waals surface area contributed by atoms with Crippen LogP contribution in [0.5, 0.6) is 0 Å². The summed E-state index contributed by atoms with van der Waals surface area (Å²) in [5.74, 6) is 0.126. The van der Waals surface area contributed by atoms with Crippen molar-refractivity contribution in [1.82, 2.24) is 10.6 Å². The Bertz CT molecular complexity index is 900. The SMILES string of the molecule is CC1CCNCC1NC(=O)c1cccc(S(=O)(=O)N(C)c2ccccc2)c1. The van der Waals surface area contributed by atoms with Crippen molar-refractivity contribution in [2.75, 3.05) is 24.4 Å². The highest BCUT2D eigenvalue weighted by Gasteiger charge is 2.25. The number of para-hydroxylation sites is 1. The van der Waals surface area contributed by atoms with Crippen LogP contribution in [0.4, 0.5) is 5.69 Å². The summed E-state index contributed by atoms with van der Waals surface area (Å²) in [6, 6.07) is 15.1. The Morgan fingerprint density at radius 3 is 2.59 bits per heavy atom. The molecule has 2 aromatic carbocycles. The number of benzene rings is 2. The highest BCUT2D eigenvalue weighted by Crippen LogP contribution is 2.22. The summed E-state index contributed by atoms with van der Waals surface area (Å²) < 4.78 is 27.1. The highest BCUT2D eigenvalue weighted by atomic mass is 32.2. The van der Waals surface area contributed by atoms with Gasteiger partial charge in [-0.05, 0) is 49.2 Å². The number of piperidine rings is 1. The summed E-state index contributed by atoms with van der Waals surface area (Å²) in [6.07, 6.45) is 1.00. The molecule has 0 aliphatic carbocycles. The van der Waals surface area contributed by atoms with Gasteiger partial charge in [0, 0.05) is 25.2 Å². The number of hydrogen-bond acceptors (Lipinski definition) is 4. The normalized spacial score (nSPS) is 20.1. The average molecular weight is 388 g/mol. The number of carbonyl (C=O) groups is 1. The molecule has 0 saturated carbocycles. The fourth-order valence-electron chi connectivity index (χ4n) is 3.17. The highest BCUT2D eigenvalue weighted by molar-refractivity contribution is 7.92. The first-order valence-electron chi connectivity index (χ1n) is 9.05. The molecule has 0 spiro atoms. The second kappa shape index (κ2) is 8.10. The maximum absolute atomic E-state index is 12.9. The van der Waals surface area contributed by atoms with E-state index in [0.29, 0.717) is 17.2 Å². The van der Waals surface area contributed by atoms with E-state index in [1.54, 1.807) is 36.4 Å². The Morgan fingerprint density at radius 2 is 1.89 bits per heavy atom. The van der Waals surface area contributed by atoms with E-state index in [9.17, 15) is 13.2 Å². The summed E-state index contributed by atoms with van der Waals surface area (Å²) in [5, 5.41) is 6.29. The molecule has 1 aliphatic heterocycles. The lowest BCUT2D eigenvalue weighted by Gasteiger charge is -2.30. The fourth-order valence-corrected chi connectivity index (χ4v) is 4.41. The predicted molar refractivity (Wildman–Crippen MR) is 106 cm³/mol. The topological polar surface area (TPSA) is 78.5 Å². The molecular formula is C20H25N3O3S. The summed E-state index contributed by atoms with van der Waals surface area (Å²) in [4.78, 5) is 12.7. The van der Waals surface area contributed by atoms with Gasteiger partial charge in [-0.15, -0.1) is 0 Å². The Labute approximate surface area is 160 Å². The van der Waals surface area contributed by atoms with Crippen molar-refractivity contribution < 1.29 is 13.2 Å². The van der Waals surface area contributed by atoms with Crippen LogP contribution in [-0.4, -0.2) is 40.5 Å². The Morgan fingerprint density at radius 1 is 1.15 bits per heavy atom. The summed E-state index contributed by atoms with van der Waals surface area (Å²) in [5.41, 5.74) is 0.907. The number of nitrogens with zero attached hydrogens (tertiary/aromatic N) is 1. The molecular weight excluding hydrogens is 362 g/mol. The summed E-state index contributed by atoms with van der Waals surface area (Å²) in [6.45, 7) is 3.79. The molecule has 7 heteroatoms. The van der Waals surface area contributed by atoms with Crippen LogP contribution >= 0.6 is 0 Å². The van der Waals surface area contributed by atoms with Crippen LogP contribution in [0.3, 0.4) is 0 Å². The monoisotopic (exact) mass is 387 g/mol. The van der Waals surface area contributed by atoms with Gasteiger partial charge in [-0.25, -0.2) is 8.42 Å². The molecule has 3 rings (SSSR count). The first kappa shape index (κ1) is 19.4. The van der Waals surface area contributed by atoms with E-state index in [0.717, 1.165) is 19.5 Å². The molecule has 2 unspecified atom stereocenters. The van der Waals surface area contributed by atoms with Gasteiger partial charge in [0.1, 0.15) is 0 Å². The first-order valence-corrected chi connectivity index (χ1v) is 10.5. The number of nitrogens with one attached hydrogen (secondary N) is 2. The third-order valence-corrected chi connectivity index (χ3v) is 6.80. The first-order chi connectivity index (χ1) is 12.9. The van der Waals surface area contributed by atoms with E-state index in [1.165, 1.54) is 23.5 Å². The minimum absolute atomic E-state index is 0.0403. The van der Waals surface area contributed by atoms with E-state index in [2.05, 4.69) is 17.6 Å². The van der Waals surface area contributed by atoms with Crippen molar-refractivity contribution in [3.05, 3.63) is 60.2 Å². The van der Waals surface area contributed by atoms with E-state index in [1.807, 2.05) is 6.07 Å². The molecule has 1 heterocycles. The van der Waals surface area contributed by atoms with E-state index >= 15 is 0 Å². The minimum Gasteiger partial charge on any atom is -0.348 e. The molecule has 2 atom stereocenters. The predicted octanol–water partition coefficient (Wildman–Crippen LogP) is 2.24. The molecule has 27 heavy (non-hydrogen) atoms. The smallest absolute Gasteiger partial charge is 0.264 e. The van der Waals surface area contributed by atoms with Crippen LogP contribution in [0.1, 0.15) is 23.7 Å². The Balaban J connectivity index is 1.81. The molecule has 2 aromatic rings. The van der Waals surface area contributed by atoms with Gasteiger partial charge in [-0.2, -0.15) is 0 Å². The van der Waals surface area contributed by atoms with Gasteiger partial charge in [0.15, 0.2) is 0 Å². The van der Waals surface area contributed by atoms with Crippen LogP contribution < -0.4 is 14.9 Å². The van der Waals surface area contributed by atoms with E-state index in [-0.39, 0.29) is 16.8 Å². The number of rotatable bonds is 5. The van der Waals surface area contributed by atoms with Gasteiger partial charge in [0.05, 0.1) is 10.6 Å². The second-order valence-electron chi connectivity index (χ2n) is 6.89. The van der Waals surface area contributed by atoms with Gasteiger partial charge >= 0.3 is 0 Å². The molecule has 2 N–H and O–H groups in total. The minimum atomic E-state index is -3.75. The summed E-state index contributed by atoms with van der Waals surface area (Å²) in [7, 11) is -2.24. The maximum Gasteiger partial charge on any atom is 0.264 e. The fraction of sp³-hybridized carbons (Fsp3) is 0.350. The number of carbonyl (C=O) groups excluding carboxylic acids is 1. The zero-order valence-electron chi connectivity index (χ0n) is 15.6. The zero-order valence-corrected chi connectivity index (χ0v) is 16.4. The largest absolute Gasteiger partial charge is 0.348 e. The standard InChI is InChI=1S/C20H25N3O3S/c1-15-11-12-21-14-19(15)22-20(24)16-7-6-10-18(13-16)27(25,26)23(2)17-8-4-3-5-9-17/h3-10,13,15,19,21H,11-12,14H2,1-2H3,(H,22,24). The van der Waals surface area contributed by atoms with Crippen molar-refractivity contribution >= 4 is 21.6 Å². The summed E-state index contributed by atoms with van der Waals surface area (Å²) >= 11 is 0. The number of hydrogen-bond donors (Lipinski definition) is 2. The van der Waals surface area contributed by atoms with Crippen LogP contribution in [0.25, 0.3) is 0 Å². The molecule has 1 amide bonds. The van der Waals surface area contributed by atoms with Gasteiger partial charge in [0.2, 0.25) is 0 Å². The molecule has 0 bridgehead atoms. The molecule has 1 aliphatic rings. The second-order valence-corrected chi connectivity index (χ2v) is 8.86. The number of sulfonamides is 1. The van der Waals surface area contributed by atoms with E-state index < -0.39 is 10.0 Å². The quantitative estimate of drug-likeness (QED) is 0.825. The van der Waals surface area contributed by atoms with Crippen LogP contribution in [0.2, 0.25) is 0 Å². The lowest BCUT2D eigenvalue weighted by Crippen LogP contribution is -2.50. The zero-order chi connectivity index (χ0) is 19.4. The molecule has 0 aromatic heterocycles. The lowest BCUT2D eigenvalue weighted by atomic mass is 9.94. The maximum atomic E-state index is 12.9. The van der Waals surface area contributed by atoms with Gasteiger partial charge in [0.25, 0.3) is 15.9 Å². The molecule has 1 saturated heterocycles. The van der Waals surface area contributed by atoms with Gasteiger partial charge in [-0.1, -0.05) is 31.2 Å². The molecule has 1 fully saturated rings. The molecule has 6 nitrogen and oxygen atoms in total. The van der Waals surface area contributed by atoms with Crippen molar-refractivity contribution in [3.63, 3.8) is 0 Å². The number of amides is 1. The van der Waals surface area contributed by atoms with Gasteiger partial charge in [-0.3, -0.25) is 9.10 Å². The van der Waals surface area contributed by atoms with Crippen molar-refractivity contribution in [2.45, 2.75) is 24.3 Å².